The molecule has 1 unspecified atom stereocenters. The zero-order valence-corrected chi connectivity index (χ0v) is 11.0. The Bertz CT molecular complexity index is 566. The molecule has 3 nitrogen and oxygen atoms in total. The van der Waals surface area contributed by atoms with E-state index in [1.807, 2.05) is 24.3 Å². The van der Waals surface area contributed by atoms with Crippen LogP contribution < -0.4 is 15.3 Å². The molecule has 2 rings (SSSR count). The molecule has 0 bridgehead atoms. The van der Waals surface area contributed by atoms with E-state index in [1.165, 1.54) is 7.11 Å². The second kappa shape index (κ2) is 5.38. The van der Waals surface area contributed by atoms with Gasteiger partial charge < -0.3 is 14.4 Å². The lowest BCUT2D eigenvalue weighted by atomic mass is 10.3. The van der Waals surface area contributed by atoms with Crippen LogP contribution in [0.4, 0.5) is 0 Å². The molecular formula is C14H15O3P. The molecule has 4 heteroatoms. The van der Waals surface area contributed by atoms with Gasteiger partial charge in [-0.25, -0.2) is 0 Å². The first-order chi connectivity index (χ1) is 8.72. The molecule has 0 saturated heterocycles. The average molecular weight is 262 g/mol. The van der Waals surface area contributed by atoms with Gasteiger partial charge in [0.25, 0.3) is 0 Å². The molecular weight excluding hydrogens is 247 g/mol. The Hall–Kier alpha value is -1.57. The van der Waals surface area contributed by atoms with E-state index >= 15 is 0 Å². The van der Waals surface area contributed by atoms with Gasteiger partial charge in [-0.15, -0.1) is 0 Å². The number of aliphatic hydroxyl groups is 1. The highest BCUT2D eigenvalue weighted by Crippen LogP contribution is 2.44. The van der Waals surface area contributed by atoms with Crippen molar-refractivity contribution >= 4 is 17.8 Å². The van der Waals surface area contributed by atoms with Gasteiger partial charge in [-0.1, -0.05) is 42.5 Å². The SMILES string of the molecule is COc1ccccc1P(=O)(CO)c1ccccc1. The van der Waals surface area contributed by atoms with Gasteiger partial charge >= 0.3 is 0 Å². The maximum Gasteiger partial charge on any atom is 0.170 e. The number of methoxy groups -OCH3 is 1. The van der Waals surface area contributed by atoms with E-state index in [2.05, 4.69) is 0 Å². The second-order valence-electron chi connectivity index (χ2n) is 3.89. The Morgan fingerprint density at radius 2 is 1.67 bits per heavy atom. The number of hydrogen-bond donors (Lipinski definition) is 1. The number of hydrogen-bond acceptors (Lipinski definition) is 3. The quantitative estimate of drug-likeness (QED) is 0.857. The summed E-state index contributed by atoms with van der Waals surface area (Å²) in [5.41, 5.74) is 0. The van der Waals surface area contributed by atoms with Crippen molar-refractivity contribution in [1.82, 2.24) is 0 Å². The van der Waals surface area contributed by atoms with Crippen LogP contribution in [0.2, 0.25) is 0 Å². The normalized spacial score (nSPS) is 13.9. The fraction of sp³-hybridized carbons (Fsp3) is 0.143. The van der Waals surface area contributed by atoms with Crippen LogP contribution in [-0.2, 0) is 4.57 Å². The second-order valence-corrected chi connectivity index (χ2v) is 6.65. The predicted octanol–water partition coefficient (Wildman–Crippen LogP) is 1.96. The maximum absolute atomic E-state index is 13.0. The summed E-state index contributed by atoms with van der Waals surface area (Å²) in [7, 11) is -1.50. The van der Waals surface area contributed by atoms with E-state index in [9.17, 15) is 9.67 Å². The monoisotopic (exact) mass is 262 g/mol. The molecule has 0 aliphatic heterocycles. The Morgan fingerprint density at radius 1 is 1.06 bits per heavy atom. The Labute approximate surface area is 106 Å². The minimum absolute atomic E-state index is 0.405. The highest BCUT2D eigenvalue weighted by Gasteiger charge is 2.29. The van der Waals surface area contributed by atoms with Crippen molar-refractivity contribution in [1.29, 1.82) is 0 Å². The summed E-state index contributed by atoms with van der Waals surface area (Å²) in [6.45, 7) is 0. The number of para-hydroxylation sites is 1. The van der Waals surface area contributed by atoms with Crippen LogP contribution in [0.5, 0.6) is 5.75 Å². The summed E-state index contributed by atoms with van der Waals surface area (Å²) < 4.78 is 18.3. The highest BCUT2D eigenvalue weighted by atomic mass is 31.2. The third-order valence-corrected chi connectivity index (χ3v) is 5.53. The molecule has 0 spiro atoms. The average Bonchev–Trinajstić information content (AvgIpc) is 2.47. The zero-order valence-electron chi connectivity index (χ0n) is 10.1. The van der Waals surface area contributed by atoms with Crippen molar-refractivity contribution in [2.75, 3.05) is 13.5 Å². The minimum Gasteiger partial charge on any atom is -0.496 e. The number of rotatable bonds is 4. The van der Waals surface area contributed by atoms with Crippen molar-refractivity contribution < 1.29 is 14.4 Å². The molecule has 0 aliphatic carbocycles. The standard InChI is InChI=1S/C14H15O3P/c1-17-13-9-5-6-10-14(13)18(16,11-15)12-7-3-2-4-8-12/h2-10,15H,11H2,1H3. The fourth-order valence-corrected chi connectivity index (χ4v) is 3.99. The molecule has 0 amide bonds. The lowest BCUT2D eigenvalue weighted by Gasteiger charge is -2.18. The van der Waals surface area contributed by atoms with Crippen LogP contribution in [0.15, 0.2) is 54.6 Å². The zero-order chi connectivity index (χ0) is 13.0. The summed E-state index contributed by atoms with van der Waals surface area (Å²) in [5.74, 6) is 0.540. The Balaban J connectivity index is 2.61. The summed E-state index contributed by atoms with van der Waals surface area (Å²) in [6, 6.07) is 16.1. The van der Waals surface area contributed by atoms with Crippen LogP contribution in [0.25, 0.3) is 0 Å². The number of benzene rings is 2. The van der Waals surface area contributed by atoms with Gasteiger partial charge in [0, 0.05) is 5.30 Å². The van der Waals surface area contributed by atoms with Crippen molar-refractivity contribution in [3.63, 3.8) is 0 Å². The molecule has 2 aromatic rings. The van der Waals surface area contributed by atoms with Gasteiger partial charge in [-0.2, -0.15) is 0 Å². The van der Waals surface area contributed by atoms with E-state index in [4.69, 9.17) is 4.74 Å². The van der Waals surface area contributed by atoms with Crippen molar-refractivity contribution in [2.24, 2.45) is 0 Å². The molecule has 0 heterocycles. The summed E-state index contributed by atoms with van der Waals surface area (Å²) in [6.07, 6.45) is -0.405. The molecule has 0 aliphatic rings. The third-order valence-electron chi connectivity index (χ3n) is 2.85. The van der Waals surface area contributed by atoms with Crippen LogP contribution in [-0.4, -0.2) is 18.6 Å². The van der Waals surface area contributed by atoms with Crippen molar-refractivity contribution in [2.45, 2.75) is 0 Å². The van der Waals surface area contributed by atoms with E-state index in [0.29, 0.717) is 16.4 Å². The lowest BCUT2D eigenvalue weighted by Crippen LogP contribution is -2.20. The number of aliphatic hydroxyl groups excluding tert-OH is 1. The van der Waals surface area contributed by atoms with Gasteiger partial charge in [-0.3, -0.25) is 0 Å². The molecule has 1 atom stereocenters. The molecule has 0 radical (unpaired) electrons. The largest absolute Gasteiger partial charge is 0.496 e. The minimum atomic E-state index is -3.03. The van der Waals surface area contributed by atoms with Gasteiger partial charge in [0.2, 0.25) is 0 Å². The van der Waals surface area contributed by atoms with E-state index < -0.39 is 13.5 Å². The topological polar surface area (TPSA) is 46.5 Å². The van der Waals surface area contributed by atoms with Crippen LogP contribution >= 0.6 is 7.14 Å². The molecule has 2 aromatic carbocycles. The first-order valence-electron chi connectivity index (χ1n) is 5.61. The van der Waals surface area contributed by atoms with Crippen LogP contribution in [0.3, 0.4) is 0 Å². The summed E-state index contributed by atoms with van der Waals surface area (Å²) >= 11 is 0. The van der Waals surface area contributed by atoms with Gasteiger partial charge in [0.15, 0.2) is 7.14 Å². The smallest absolute Gasteiger partial charge is 0.170 e. The molecule has 1 N–H and O–H groups in total. The lowest BCUT2D eigenvalue weighted by molar-refractivity contribution is 0.361. The molecule has 0 saturated carbocycles. The van der Waals surface area contributed by atoms with E-state index in [0.717, 1.165) is 0 Å². The maximum atomic E-state index is 13.0. The highest BCUT2D eigenvalue weighted by molar-refractivity contribution is 7.78. The first kappa shape index (κ1) is 12.9. The first-order valence-corrected chi connectivity index (χ1v) is 7.50. The molecule has 94 valence electrons. The van der Waals surface area contributed by atoms with Crippen molar-refractivity contribution in [3.8, 4) is 5.75 Å². The van der Waals surface area contributed by atoms with E-state index in [-0.39, 0.29) is 0 Å². The van der Waals surface area contributed by atoms with Gasteiger partial charge in [-0.05, 0) is 12.1 Å². The molecule has 0 fully saturated rings. The Kier molecular flexibility index (Phi) is 3.85. The predicted molar refractivity (Wildman–Crippen MR) is 73.4 cm³/mol. The number of ether oxygens (including phenoxy) is 1. The van der Waals surface area contributed by atoms with Crippen molar-refractivity contribution in [3.05, 3.63) is 54.6 Å². The third kappa shape index (κ3) is 2.20. The molecule has 0 aromatic heterocycles. The molecule has 18 heavy (non-hydrogen) atoms. The van der Waals surface area contributed by atoms with Gasteiger partial charge in [0.05, 0.1) is 12.4 Å². The Morgan fingerprint density at radius 3 is 2.28 bits per heavy atom. The fourth-order valence-electron chi connectivity index (χ4n) is 1.89. The van der Waals surface area contributed by atoms with E-state index in [1.54, 1.807) is 30.3 Å². The van der Waals surface area contributed by atoms with Crippen LogP contribution in [0, 0.1) is 0 Å². The summed E-state index contributed by atoms with van der Waals surface area (Å²) in [4.78, 5) is 0. The van der Waals surface area contributed by atoms with Gasteiger partial charge in [0.1, 0.15) is 12.1 Å². The summed E-state index contributed by atoms with van der Waals surface area (Å²) in [5, 5.41) is 10.8. The van der Waals surface area contributed by atoms with Crippen LogP contribution in [0.1, 0.15) is 0 Å².